The summed E-state index contributed by atoms with van der Waals surface area (Å²) in [7, 11) is 5.80. The maximum Gasteiger partial charge on any atom is 0.415 e. The molecule has 3 aliphatic rings. The van der Waals surface area contributed by atoms with Crippen molar-refractivity contribution < 1.29 is 14.6 Å². The number of carbonyl (C=O) groups is 1. The second kappa shape index (κ2) is 9.34. The van der Waals surface area contributed by atoms with Gasteiger partial charge in [-0.15, -0.1) is 0 Å². The van der Waals surface area contributed by atoms with Crippen molar-refractivity contribution in [3.05, 3.63) is 29.3 Å². The zero-order valence-electron chi connectivity index (χ0n) is 20.6. The van der Waals surface area contributed by atoms with Gasteiger partial charge in [-0.3, -0.25) is 0 Å². The van der Waals surface area contributed by atoms with Crippen LogP contribution in [-0.4, -0.2) is 61.3 Å². The van der Waals surface area contributed by atoms with Crippen LogP contribution in [0.5, 0.6) is 5.75 Å². The maximum atomic E-state index is 12.5. The van der Waals surface area contributed by atoms with E-state index in [1.165, 1.54) is 30.4 Å². The lowest BCUT2D eigenvalue weighted by Gasteiger charge is -2.53. The predicted octanol–water partition coefficient (Wildman–Crippen LogP) is 4.92. The Labute approximate surface area is 194 Å². The molecule has 32 heavy (non-hydrogen) atoms. The number of fused-ring (bicyclic) bond motifs is 5. The summed E-state index contributed by atoms with van der Waals surface area (Å²) >= 11 is 0. The van der Waals surface area contributed by atoms with Gasteiger partial charge in [0.05, 0.1) is 6.10 Å². The highest BCUT2D eigenvalue weighted by atomic mass is 16.6. The SMILES string of the molecule is CCC[C@@H]1Cc2cc(OC(=O)N(C)CCN(C)C)ccc2[C@H]2CC[C@]3(C)[C@@H](O)CC[C@H]3[C@H]12. The van der Waals surface area contributed by atoms with E-state index < -0.39 is 0 Å². The minimum Gasteiger partial charge on any atom is -0.410 e. The quantitative estimate of drug-likeness (QED) is 0.679. The lowest BCUT2D eigenvalue weighted by molar-refractivity contribution is -0.0394. The molecule has 0 bridgehead atoms. The molecule has 1 N–H and O–H groups in total. The Morgan fingerprint density at radius 2 is 1.97 bits per heavy atom. The van der Waals surface area contributed by atoms with Gasteiger partial charge in [-0.1, -0.05) is 32.8 Å². The molecule has 1 aromatic carbocycles. The Hall–Kier alpha value is -1.59. The van der Waals surface area contributed by atoms with Gasteiger partial charge in [0, 0.05) is 20.1 Å². The van der Waals surface area contributed by atoms with Gasteiger partial charge in [0.25, 0.3) is 0 Å². The van der Waals surface area contributed by atoms with Crippen molar-refractivity contribution in [2.24, 2.45) is 23.2 Å². The number of benzene rings is 1. The molecule has 178 valence electrons. The molecule has 2 fully saturated rings. The molecule has 4 rings (SSSR count). The first-order chi connectivity index (χ1) is 15.2. The van der Waals surface area contributed by atoms with Crippen molar-refractivity contribution in [3.8, 4) is 5.75 Å². The van der Waals surface area contributed by atoms with E-state index in [2.05, 4.69) is 30.9 Å². The Kier molecular flexibility index (Phi) is 6.88. The highest BCUT2D eigenvalue weighted by Crippen LogP contribution is 2.62. The molecule has 5 heteroatoms. The van der Waals surface area contributed by atoms with Crippen LogP contribution >= 0.6 is 0 Å². The standard InChI is InChI=1S/C27H42N2O3/c1-6-7-18-16-19-17-20(32-26(31)29(5)15-14-28(3)4)8-9-21(19)22-12-13-27(2)23(25(18)22)10-11-24(27)30/h8-9,17-18,22-25,30H,6-7,10-16H2,1-5H3/t18-,22-,23+,24+,25-,27+/m1/s1. The highest BCUT2D eigenvalue weighted by Gasteiger charge is 2.56. The van der Waals surface area contributed by atoms with Gasteiger partial charge in [-0.25, -0.2) is 4.79 Å². The van der Waals surface area contributed by atoms with Crippen molar-refractivity contribution in [1.82, 2.24) is 9.80 Å². The summed E-state index contributed by atoms with van der Waals surface area (Å²) in [5.41, 5.74) is 2.93. The van der Waals surface area contributed by atoms with Crippen LogP contribution in [-0.2, 0) is 6.42 Å². The number of rotatable bonds is 6. The van der Waals surface area contributed by atoms with E-state index in [4.69, 9.17) is 4.74 Å². The normalized spacial score (nSPS) is 33.4. The largest absolute Gasteiger partial charge is 0.415 e. The third kappa shape index (κ3) is 4.31. The number of likely N-dealkylation sites (N-methyl/N-ethyl adjacent to an activating group) is 2. The van der Waals surface area contributed by atoms with Crippen LogP contribution in [0.15, 0.2) is 18.2 Å². The van der Waals surface area contributed by atoms with E-state index in [0.717, 1.165) is 32.2 Å². The van der Waals surface area contributed by atoms with Crippen molar-refractivity contribution in [2.45, 2.75) is 70.8 Å². The molecule has 0 unspecified atom stereocenters. The van der Waals surface area contributed by atoms with E-state index in [1.807, 2.05) is 20.2 Å². The second-order valence-electron chi connectivity index (χ2n) is 11.1. The van der Waals surface area contributed by atoms with E-state index in [0.29, 0.717) is 36.0 Å². The molecule has 1 aromatic rings. The van der Waals surface area contributed by atoms with Crippen LogP contribution in [0.25, 0.3) is 0 Å². The molecule has 5 nitrogen and oxygen atoms in total. The van der Waals surface area contributed by atoms with Crippen molar-refractivity contribution in [2.75, 3.05) is 34.2 Å². The Balaban J connectivity index is 1.54. The molecule has 2 saturated carbocycles. The van der Waals surface area contributed by atoms with Gasteiger partial charge in [0.2, 0.25) is 0 Å². The summed E-state index contributed by atoms with van der Waals surface area (Å²) in [6, 6.07) is 6.35. The molecule has 0 aliphatic heterocycles. The molecule has 0 saturated heterocycles. The number of hydrogen-bond acceptors (Lipinski definition) is 4. The minimum atomic E-state index is -0.293. The first-order valence-corrected chi connectivity index (χ1v) is 12.6. The first-order valence-electron chi connectivity index (χ1n) is 12.6. The summed E-state index contributed by atoms with van der Waals surface area (Å²) in [6.45, 7) is 6.09. The lowest BCUT2D eigenvalue weighted by atomic mass is 9.52. The van der Waals surface area contributed by atoms with E-state index >= 15 is 0 Å². The second-order valence-corrected chi connectivity index (χ2v) is 11.1. The van der Waals surface area contributed by atoms with Gasteiger partial charge in [-0.05, 0) is 98.5 Å². The Morgan fingerprint density at radius 1 is 1.19 bits per heavy atom. The zero-order valence-corrected chi connectivity index (χ0v) is 20.6. The number of aliphatic hydroxyl groups excluding tert-OH is 1. The summed E-state index contributed by atoms with van der Waals surface area (Å²) in [6.07, 6.45) is 7.48. The van der Waals surface area contributed by atoms with Gasteiger partial charge in [0.1, 0.15) is 5.75 Å². The fourth-order valence-corrected chi connectivity index (χ4v) is 7.08. The Bertz CT molecular complexity index is 825. The fraction of sp³-hybridized carbons (Fsp3) is 0.741. The monoisotopic (exact) mass is 442 g/mol. The number of aliphatic hydroxyl groups is 1. The number of nitrogens with zero attached hydrogens (tertiary/aromatic N) is 2. The van der Waals surface area contributed by atoms with E-state index in [-0.39, 0.29) is 17.6 Å². The average molecular weight is 443 g/mol. The van der Waals surface area contributed by atoms with Crippen molar-refractivity contribution >= 4 is 6.09 Å². The number of hydrogen-bond donors (Lipinski definition) is 1. The Morgan fingerprint density at radius 3 is 2.69 bits per heavy atom. The molecule has 0 aromatic heterocycles. The number of carbonyl (C=O) groups excluding carboxylic acids is 1. The van der Waals surface area contributed by atoms with Crippen LogP contribution in [0.4, 0.5) is 4.79 Å². The van der Waals surface area contributed by atoms with Crippen LogP contribution in [0.2, 0.25) is 0 Å². The summed E-state index contributed by atoms with van der Waals surface area (Å²) in [4.78, 5) is 16.2. The smallest absolute Gasteiger partial charge is 0.410 e. The van der Waals surface area contributed by atoms with Gasteiger partial charge < -0.3 is 19.6 Å². The average Bonchev–Trinajstić information content (AvgIpc) is 3.06. The molecular weight excluding hydrogens is 400 g/mol. The van der Waals surface area contributed by atoms with Crippen LogP contribution in [0, 0.1) is 23.2 Å². The molecule has 0 heterocycles. The molecule has 6 atom stereocenters. The first kappa shape index (κ1) is 23.6. The maximum absolute atomic E-state index is 12.5. The topological polar surface area (TPSA) is 53.0 Å². The van der Waals surface area contributed by atoms with E-state index in [1.54, 1.807) is 11.9 Å². The molecule has 1 amide bonds. The number of ether oxygens (including phenoxy) is 1. The molecular formula is C27H42N2O3. The third-order valence-corrected chi connectivity index (χ3v) is 8.88. The van der Waals surface area contributed by atoms with Crippen LogP contribution in [0.1, 0.15) is 69.4 Å². The summed E-state index contributed by atoms with van der Waals surface area (Å²) in [5.74, 6) is 3.19. The summed E-state index contributed by atoms with van der Waals surface area (Å²) in [5, 5.41) is 10.8. The third-order valence-electron chi connectivity index (χ3n) is 8.88. The van der Waals surface area contributed by atoms with Crippen molar-refractivity contribution in [1.29, 1.82) is 0 Å². The molecule has 0 radical (unpaired) electrons. The minimum absolute atomic E-state index is 0.0945. The van der Waals surface area contributed by atoms with Gasteiger partial charge in [0.15, 0.2) is 0 Å². The predicted molar refractivity (Wildman–Crippen MR) is 128 cm³/mol. The number of amides is 1. The molecule has 0 spiro atoms. The van der Waals surface area contributed by atoms with Crippen LogP contribution < -0.4 is 4.74 Å². The van der Waals surface area contributed by atoms with Crippen LogP contribution in [0.3, 0.4) is 0 Å². The van der Waals surface area contributed by atoms with Crippen molar-refractivity contribution in [3.63, 3.8) is 0 Å². The van der Waals surface area contributed by atoms with E-state index in [9.17, 15) is 9.90 Å². The lowest BCUT2D eigenvalue weighted by Crippen LogP contribution is -2.47. The summed E-state index contributed by atoms with van der Waals surface area (Å²) < 4.78 is 5.74. The zero-order chi connectivity index (χ0) is 23.0. The van der Waals surface area contributed by atoms with Gasteiger partial charge >= 0.3 is 6.09 Å². The highest BCUT2D eigenvalue weighted by molar-refractivity contribution is 5.70. The molecule has 3 aliphatic carbocycles. The van der Waals surface area contributed by atoms with Gasteiger partial charge in [-0.2, -0.15) is 0 Å². The fourth-order valence-electron chi connectivity index (χ4n) is 7.08.